The number of ether oxygens (including phenoxy) is 4. The van der Waals surface area contributed by atoms with Crippen molar-refractivity contribution in [1.29, 1.82) is 0 Å². The van der Waals surface area contributed by atoms with Gasteiger partial charge in [-0.1, -0.05) is 60.7 Å². The van der Waals surface area contributed by atoms with Gasteiger partial charge in [-0.3, -0.25) is 0 Å². The van der Waals surface area contributed by atoms with Gasteiger partial charge in [-0.25, -0.2) is 8.78 Å². The van der Waals surface area contributed by atoms with Gasteiger partial charge in [0.1, 0.15) is 24.8 Å². The van der Waals surface area contributed by atoms with Gasteiger partial charge in [0.25, 0.3) is 0 Å². The molecule has 4 aromatic rings. The summed E-state index contributed by atoms with van der Waals surface area (Å²) in [4.78, 5) is 6.40. The number of benzene rings is 3. The van der Waals surface area contributed by atoms with E-state index in [-0.39, 0.29) is 35.9 Å². The number of hydrogen-bond donors (Lipinski definition) is 0. The number of hydrogen-bond acceptors (Lipinski definition) is 6. The average Bonchev–Trinajstić information content (AvgIpc) is 3.02. The fourth-order valence-electron chi connectivity index (χ4n) is 5.16. The van der Waals surface area contributed by atoms with E-state index in [0.29, 0.717) is 31.1 Å². The average molecular weight is 561 g/mol. The predicted octanol–water partition coefficient (Wildman–Crippen LogP) is 7.02. The van der Waals surface area contributed by atoms with E-state index in [1.165, 1.54) is 12.1 Å². The van der Waals surface area contributed by atoms with Crippen LogP contribution < -0.4 is 14.4 Å². The molecule has 5 rings (SSSR count). The smallest absolute Gasteiger partial charge is 0.225 e. The summed E-state index contributed by atoms with van der Waals surface area (Å²) in [5.74, 6) is -0.373. The second-order valence-corrected chi connectivity index (χ2v) is 10.00. The van der Waals surface area contributed by atoms with E-state index in [1.54, 1.807) is 26.4 Å². The molecule has 1 saturated heterocycles. The molecule has 3 aromatic carbocycles. The minimum Gasteiger partial charge on any atom is -0.473 e. The SMILES string of the molecule is COC(OC)C1CCN(c2cc(F)c(-c3ccc(OCc4ccccc4)nc3OCc3ccccc3)cc2F)CC1. The second kappa shape index (κ2) is 13.6. The van der Waals surface area contributed by atoms with Crippen LogP contribution in [0.2, 0.25) is 0 Å². The minimum absolute atomic E-state index is 0.0742. The Morgan fingerprint density at radius 2 is 1.37 bits per heavy atom. The maximum atomic E-state index is 15.7. The zero-order valence-corrected chi connectivity index (χ0v) is 23.3. The monoisotopic (exact) mass is 560 g/mol. The fourth-order valence-corrected chi connectivity index (χ4v) is 5.16. The lowest BCUT2D eigenvalue weighted by molar-refractivity contribution is -0.141. The van der Waals surface area contributed by atoms with Crippen LogP contribution >= 0.6 is 0 Å². The Balaban J connectivity index is 1.39. The van der Waals surface area contributed by atoms with Gasteiger partial charge < -0.3 is 23.8 Å². The second-order valence-electron chi connectivity index (χ2n) is 10.00. The lowest BCUT2D eigenvalue weighted by Gasteiger charge is -2.36. The zero-order valence-electron chi connectivity index (χ0n) is 23.3. The van der Waals surface area contributed by atoms with Crippen molar-refractivity contribution in [2.24, 2.45) is 5.92 Å². The summed E-state index contributed by atoms with van der Waals surface area (Å²) in [6, 6.07) is 25.1. The lowest BCUT2D eigenvalue weighted by Crippen LogP contribution is -2.39. The maximum Gasteiger partial charge on any atom is 0.225 e. The normalized spacial score (nSPS) is 13.9. The molecule has 214 valence electrons. The Bertz CT molecular complexity index is 1410. The van der Waals surface area contributed by atoms with E-state index in [0.717, 1.165) is 24.0 Å². The van der Waals surface area contributed by atoms with E-state index < -0.39 is 11.6 Å². The molecule has 8 heteroatoms. The highest BCUT2D eigenvalue weighted by Crippen LogP contribution is 2.37. The van der Waals surface area contributed by atoms with Gasteiger partial charge in [-0.05, 0) is 36.1 Å². The summed E-state index contributed by atoms with van der Waals surface area (Å²) in [6.45, 7) is 1.67. The lowest BCUT2D eigenvalue weighted by atomic mass is 9.95. The Kier molecular flexibility index (Phi) is 9.44. The summed E-state index contributed by atoms with van der Waals surface area (Å²) in [7, 11) is 3.23. The highest BCUT2D eigenvalue weighted by atomic mass is 19.1. The zero-order chi connectivity index (χ0) is 28.6. The summed E-state index contributed by atoms with van der Waals surface area (Å²) in [5, 5.41) is 0. The highest BCUT2D eigenvalue weighted by Gasteiger charge is 2.28. The highest BCUT2D eigenvalue weighted by molar-refractivity contribution is 5.72. The molecule has 0 amide bonds. The first kappa shape index (κ1) is 28.5. The van der Waals surface area contributed by atoms with Gasteiger partial charge in [0.15, 0.2) is 6.29 Å². The first-order valence-corrected chi connectivity index (χ1v) is 13.7. The first-order valence-electron chi connectivity index (χ1n) is 13.7. The van der Waals surface area contributed by atoms with Crippen molar-refractivity contribution >= 4 is 5.69 Å². The molecule has 6 nitrogen and oxygen atoms in total. The van der Waals surface area contributed by atoms with Gasteiger partial charge in [0.2, 0.25) is 11.8 Å². The molecule has 41 heavy (non-hydrogen) atoms. The number of nitrogens with zero attached hydrogens (tertiary/aromatic N) is 2. The van der Waals surface area contributed by atoms with Crippen LogP contribution in [0.4, 0.5) is 14.5 Å². The van der Waals surface area contributed by atoms with Crippen LogP contribution in [-0.4, -0.2) is 38.6 Å². The molecule has 0 atom stereocenters. The molecular weight excluding hydrogens is 526 g/mol. The number of pyridine rings is 1. The van der Waals surface area contributed by atoms with Gasteiger partial charge in [-0.15, -0.1) is 0 Å². The molecule has 2 heterocycles. The Hall–Kier alpha value is -4.01. The molecule has 1 fully saturated rings. The van der Waals surface area contributed by atoms with E-state index in [4.69, 9.17) is 18.9 Å². The Morgan fingerprint density at radius 3 is 1.98 bits per heavy atom. The molecule has 0 N–H and O–H groups in total. The fraction of sp³-hybridized carbons (Fsp3) is 0.303. The van der Waals surface area contributed by atoms with Crippen molar-refractivity contribution < 1.29 is 27.7 Å². The standard InChI is InChI=1S/C33H34F2N2O4/c1-38-33(39-2)25-15-17-37(18-16-25)30-20-28(34)27(19-29(30)35)26-13-14-31(40-21-23-9-5-3-6-10-23)36-32(26)41-22-24-11-7-4-8-12-24/h3-14,19-20,25,33H,15-18,21-22H2,1-2H3. The molecule has 0 spiro atoms. The number of aromatic nitrogens is 1. The van der Waals surface area contributed by atoms with Gasteiger partial charge in [0, 0.05) is 56.5 Å². The molecule has 1 aliphatic heterocycles. The van der Waals surface area contributed by atoms with E-state index in [9.17, 15) is 0 Å². The topological polar surface area (TPSA) is 53.1 Å². The predicted molar refractivity (Wildman–Crippen MR) is 154 cm³/mol. The molecule has 0 bridgehead atoms. The summed E-state index contributed by atoms with van der Waals surface area (Å²) >= 11 is 0. The quantitative estimate of drug-likeness (QED) is 0.184. The van der Waals surface area contributed by atoms with Crippen molar-refractivity contribution in [3.8, 4) is 22.9 Å². The van der Waals surface area contributed by atoms with Crippen LogP contribution in [0.5, 0.6) is 11.8 Å². The van der Waals surface area contributed by atoms with Crippen LogP contribution in [0.15, 0.2) is 84.9 Å². The van der Waals surface area contributed by atoms with Crippen molar-refractivity contribution in [2.45, 2.75) is 32.3 Å². The maximum absolute atomic E-state index is 15.7. The molecular formula is C33H34F2N2O4. The van der Waals surface area contributed by atoms with Crippen molar-refractivity contribution in [3.05, 3.63) is 108 Å². The van der Waals surface area contributed by atoms with Crippen molar-refractivity contribution in [2.75, 3.05) is 32.2 Å². The van der Waals surface area contributed by atoms with Crippen LogP contribution in [0.3, 0.4) is 0 Å². The van der Waals surface area contributed by atoms with Crippen molar-refractivity contribution in [3.63, 3.8) is 0 Å². The molecule has 0 radical (unpaired) electrons. The third-order valence-electron chi connectivity index (χ3n) is 7.34. The van der Waals surface area contributed by atoms with Gasteiger partial charge in [0.05, 0.1) is 5.69 Å². The number of piperidine rings is 1. The number of rotatable bonds is 11. The first-order chi connectivity index (χ1) is 20.1. The van der Waals surface area contributed by atoms with Crippen LogP contribution in [-0.2, 0) is 22.7 Å². The summed E-state index contributed by atoms with van der Waals surface area (Å²) in [5.41, 5.74) is 2.56. The van der Waals surface area contributed by atoms with Crippen LogP contribution in [0, 0.1) is 17.6 Å². The third kappa shape index (κ3) is 7.01. The van der Waals surface area contributed by atoms with E-state index in [2.05, 4.69) is 4.98 Å². The van der Waals surface area contributed by atoms with E-state index in [1.807, 2.05) is 65.6 Å². The molecule has 0 aliphatic carbocycles. The van der Waals surface area contributed by atoms with Crippen LogP contribution in [0.1, 0.15) is 24.0 Å². The van der Waals surface area contributed by atoms with E-state index >= 15 is 8.78 Å². The number of anilines is 1. The minimum atomic E-state index is -0.556. The largest absolute Gasteiger partial charge is 0.473 e. The molecule has 1 aliphatic rings. The van der Waals surface area contributed by atoms with Crippen molar-refractivity contribution in [1.82, 2.24) is 4.98 Å². The Morgan fingerprint density at radius 1 is 0.756 bits per heavy atom. The molecule has 0 saturated carbocycles. The molecule has 0 unspecified atom stereocenters. The molecule has 1 aromatic heterocycles. The van der Waals surface area contributed by atoms with Gasteiger partial charge in [-0.2, -0.15) is 4.98 Å². The third-order valence-corrected chi connectivity index (χ3v) is 7.34. The number of halogens is 2. The summed E-state index contributed by atoms with van der Waals surface area (Å²) < 4.78 is 53.9. The number of methoxy groups -OCH3 is 2. The van der Waals surface area contributed by atoms with Crippen LogP contribution in [0.25, 0.3) is 11.1 Å². The van der Waals surface area contributed by atoms with Gasteiger partial charge >= 0.3 is 0 Å². The Labute approximate surface area is 239 Å². The summed E-state index contributed by atoms with van der Waals surface area (Å²) in [6.07, 6.45) is 1.20.